The minimum absolute atomic E-state index is 0.0625. The molecule has 1 heterocycles. The average molecular weight is 219 g/mol. The van der Waals surface area contributed by atoms with Crippen LogP contribution in [0.2, 0.25) is 0 Å². The van der Waals surface area contributed by atoms with Crippen LogP contribution in [0.3, 0.4) is 0 Å². The summed E-state index contributed by atoms with van der Waals surface area (Å²) in [6.45, 7) is 0. The van der Waals surface area contributed by atoms with E-state index in [2.05, 4.69) is 4.98 Å². The molecule has 0 saturated carbocycles. The van der Waals surface area contributed by atoms with Crippen LogP contribution in [-0.4, -0.2) is 10.1 Å². The van der Waals surface area contributed by atoms with Crippen molar-refractivity contribution >= 4 is 11.6 Å². The zero-order chi connectivity index (χ0) is 10.7. The maximum absolute atomic E-state index is 12.2. The Morgan fingerprint density at radius 3 is 2.71 bits per heavy atom. The van der Waals surface area contributed by atoms with Crippen LogP contribution in [0, 0.1) is 11.3 Å². The Morgan fingerprint density at radius 2 is 2.29 bits per heavy atom. The maximum atomic E-state index is 12.2. The van der Waals surface area contributed by atoms with Crippen molar-refractivity contribution in [3.8, 4) is 11.8 Å². The van der Waals surface area contributed by atoms with Crippen molar-refractivity contribution in [3.05, 3.63) is 23.0 Å². The smallest absolute Gasteiger partial charge is 0.284 e. The number of aromatic nitrogens is 1. The van der Waals surface area contributed by atoms with Crippen molar-refractivity contribution in [2.75, 3.05) is 0 Å². The van der Waals surface area contributed by atoms with Gasteiger partial charge in [0.25, 0.3) is 6.43 Å². The first-order valence-electron chi connectivity index (χ1n) is 3.56. The number of rotatable bonds is 2. The Balaban J connectivity index is 3.37. The van der Waals surface area contributed by atoms with Gasteiger partial charge in [0, 0.05) is 11.8 Å². The van der Waals surface area contributed by atoms with E-state index in [0.29, 0.717) is 0 Å². The third kappa shape index (κ3) is 1.75. The van der Waals surface area contributed by atoms with Crippen LogP contribution in [-0.2, 0) is 5.88 Å². The van der Waals surface area contributed by atoms with Crippen LogP contribution in [0.5, 0.6) is 5.75 Å². The summed E-state index contributed by atoms with van der Waals surface area (Å²) in [5.74, 6) is -0.854. The van der Waals surface area contributed by atoms with Crippen molar-refractivity contribution in [3.63, 3.8) is 0 Å². The molecule has 1 N–H and O–H groups in total. The van der Waals surface area contributed by atoms with E-state index in [1.165, 1.54) is 0 Å². The molecule has 0 saturated heterocycles. The van der Waals surface area contributed by atoms with Gasteiger partial charge in [0.2, 0.25) is 0 Å². The highest BCUT2D eigenvalue weighted by Gasteiger charge is 2.19. The lowest BCUT2D eigenvalue weighted by atomic mass is 10.1. The van der Waals surface area contributed by atoms with Gasteiger partial charge in [-0.3, -0.25) is 4.98 Å². The predicted molar refractivity (Wildman–Crippen MR) is 45.1 cm³/mol. The molecule has 1 aromatic heterocycles. The van der Waals surface area contributed by atoms with E-state index in [4.69, 9.17) is 16.9 Å². The van der Waals surface area contributed by atoms with Gasteiger partial charge in [-0.15, -0.1) is 11.6 Å². The van der Waals surface area contributed by atoms with E-state index in [1.807, 2.05) is 0 Å². The molecule has 6 heteroatoms. The molecule has 1 rings (SSSR count). The minimum Gasteiger partial charge on any atom is -0.505 e. The van der Waals surface area contributed by atoms with E-state index in [1.54, 1.807) is 6.07 Å². The minimum atomic E-state index is -2.91. The van der Waals surface area contributed by atoms with Gasteiger partial charge < -0.3 is 5.11 Å². The second-order valence-corrected chi connectivity index (χ2v) is 2.71. The summed E-state index contributed by atoms with van der Waals surface area (Å²) < 4.78 is 24.4. The van der Waals surface area contributed by atoms with E-state index in [9.17, 15) is 13.9 Å². The van der Waals surface area contributed by atoms with Crippen LogP contribution in [0.4, 0.5) is 8.78 Å². The number of alkyl halides is 3. The number of nitriles is 1. The molecule has 0 atom stereocenters. The van der Waals surface area contributed by atoms with Crippen molar-refractivity contribution < 1.29 is 13.9 Å². The van der Waals surface area contributed by atoms with E-state index < -0.39 is 17.9 Å². The van der Waals surface area contributed by atoms with Crippen molar-refractivity contribution in [1.29, 1.82) is 5.26 Å². The molecule has 0 spiro atoms. The van der Waals surface area contributed by atoms with E-state index in [-0.39, 0.29) is 17.0 Å². The van der Waals surface area contributed by atoms with Crippen LogP contribution in [0.25, 0.3) is 0 Å². The lowest BCUT2D eigenvalue weighted by Gasteiger charge is -2.06. The molecule has 0 radical (unpaired) electrons. The molecule has 1 aromatic rings. The molecule has 0 bridgehead atoms. The molecular weight excluding hydrogens is 214 g/mol. The van der Waals surface area contributed by atoms with Gasteiger partial charge in [-0.2, -0.15) is 5.26 Å². The number of hydrogen-bond donors (Lipinski definition) is 1. The molecule has 0 unspecified atom stereocenters. The van der Waals surface area contributed by atoms with Gasteiger partial charge in [0.1, 0.15) is 17.3 Å². The van der Waals surface area contributed by atoms with Crippen LogP contribution in [0.1, 0.15) is 23.2 Å². The molecule has 0 aliphatic carbocycles. The average Bonchev–Trinajstić information content (AvgIpc) is 2.16. The Hall–Kier alpha value is -1.41. The number of pyridine rings is 1. The fourth-order valence-electron chi connectivity index (χ4n) is 0.939. The van der Waals surface area contributed by atoms with Gasteiger partial charge in [0.05, 0.1) is 5.88 Å². The highest BCUT2D eigenvalue weighted by atomic mass is 35.5. The summed E-state index contributed by atoms with van der Waals surface area (Å²) in [6.07, 6.45) is -1.85. The SMILES string of the molecule is N#Cc1c(CCl)cnc(C(F)F)c1O. The second kappa shape index (κ2) is 4.20. The summed E-state index contributed by atoms with van der Waals surface area (Å²) in [7, 11) is 0. The number of halogens is 3. The fraction of sp³-hybridized carbons (Fsp3) is 0.250. The Bertz CT molecular complexity index is 390. The lowest BCUT2D eigenvalue weighted by molar-refractivity contribution is 0.141. The normalized spacial score (nSPS) is 10.2. The van der Waals surface area contributed by atoms with Gasteiger partial charge in [-0.25, -0.2) is 8.78 Å². The number of aromatic hydroxyl groups is 1. The molecule has 0 aromatic carbocycles. The first kappa shape index (κ1) is 10.7. The van der Waals surface area contributed by atoms with Crippen LogP contribution in [0.15, 0.2) is 6.20 Å². The molecule has 0 fully saturated rings. The Labute approximate surface area is 83.6 Å². The highest BCUT2D eigenvalue weighted by Crippen LogP contribution is 2.30. The van der Waals surface area contributed by atoms with Crippen LogP contribution >= 0.6 is 11.6 Å². The molecule has 0 aliphatic heterocycles. The predicted octanol–water partition coefficient (Wildman–Crippen LogP) is 2.34. The summed E-state index contributed by atoms with van der Waals surface area (Å²) in [5, 5.41) is 17.8. The molecule has 3 nitrogen and oxygen atoms in total. The quantitative estimate of drug-likeness (QED) is 0.775. The summed E-state index contributed by atoms with van der Waals surface area (Å²) in [4.78, 5) is 3.32. The first-order chi connectivity index (χ1) is 6.61. The summed E-state index contributed by atoms with van der Waals surface area (Å²) in [6, 6.07) is 1.60. The van der Waals surface area contributed by atoms with E-state index >= 15 is 0 Å². The highest BCUT2D eigenvalue weighted by molar-refractivity contribution is 6.17. The summed E-state index contributed by atoms with van der Waals surface area (Å²) >= 11 is 5.43. The van der Waals surface area contributed by atoms with Crippen molar-refractivity contribution in [2.24, 2.45) is 0 Å². The third-order valence-corrected chi connectivity index (χ3v) is 1.91. The standard InChI is InChI=1S/C8H5ClF2N2O/c9-1-4-3-13-6(8(10)11)7(14)5(4)2-12/h3,8,14H,1H2. The Morgan fingerprint density at radius 1 is 1.64 bits per heavy atom. The van der Waals surface area contributed by atoms with Crippen molar-refractivity contribution in [1.82, 2.24) is 4.98 Å². The van der Waals surface area contributed by atoms with E-state index in [0.717, 1.165) is 6.20 Å². The van der Waals surface area contributed by atoms with Gasteiger partial charge in [0.15, 0.2) is 5.75 Å². The zero-order valence-corrected chi connectivity index (χ0v) is 7.59. The summed E-state index contributed by atoms with van der Waals surface area (Å²) in [5.41, 5.74) is -0.809. The zero-order valence-electron chi connectivity index (χ0n) is 6.84. The topological polar surface area (TPSA) is 56.9 Å². The Kier molecular flexibility index (Phi) is 3.20. The monoisotopic (exact) mass is 218 g/mol. The number of nitrogens with zero attached hydrogens (tertiary/aromatic N) is 2. The van der Waals surface area contributed by atoms with Crippen LogP contribution < -0.4 is 0 Å². The third-order valence-electron chi connectivity index (χ3n) is 1.62. The molecule has 74 valence electrons. The van der Waals surface area contributed by atoms with Gasteiger partial charge in [-0.1, -0.05) is 0 Å². The largest absolute Gasteiger partial charge is 0.505 e. The van der Waals surface area contributed by atoms with Gasteiger partial charge in [-0.05, 0) is 0 Å². The van der Waals surface area contributed by atoms with Crippen molar-refractivity contribution in [2.45, 2.75) is 12.3 Å². The molecule has 0 amide bonds. The molecular formula is C8H5ClF2N2O. The fourth-order valence-corrected chi connectivity index (χ4v) is 1.14. The van der Waals surface area contributed by atoms with Gasteiger partial charge >= 0.3 is 0 Å². The molecule has 14 heavy (non-hydrogen) atoms. The maximum Gasteiger partial charge on any atom is 0.284 e. The molecule has 0 aliphatic rings. The number of hydrogen-bond acceptors (Lipinski definition) is 3. The lowest BCUT2D eigenvalue weighted by Crippen LogP contribution is -1.97. The second-order valence-electron chi connectivity index (χ2n) is 2.44. The first-order valence-corrected chi connectivity index (χ1v) is 4.10.